The monoisotopic (exact) mass is 656 g/mol. The zero-order valence-corrected chi connectivity index (χ0v) is 30.3. The minimum absolute atomic E-state index is 0.0199. The number of hydrogen-bond donors (Lipinski definition) is 3. The topological polar surface area (TPSA) is 107 Å². The van der Waals surface area contributed by atoms with Crippen LogP contribution in [0.1, 0.15) is 91.5 Å². The Bertz CT molecular complexity index is 1340. The van der Waals surface area contributed by atoms with E-state index in [1.54, 1.807) is 19.2 Å². The van der Waals surface area contributed by atoms with E-state index in [4.69, 9.17) is 20.9 Å². The number of likely N-dealkylation sites (tertiary alicyclic amines) is 1. The zero-order chi connectivity index (χ0) is 35.3. The maximum Gasteiger partial charge on any atom is 0.246 e. The molecule has 2 aliphatic rings. The quantitative estimate of drug-likeness (QED) is 0.128. The molecule has 1 unspecified atom stereocenters. The molecule has 1 saturated heterocycles. The highest BCUT2D eigenvalue weighted by atomic mass is 16.5. The number of nitrogens with one attached hydrogen (secondary N) is 2. The molecular weight excluding hydrogens is 596 g/mol. The highest BCUT2D eigenvalue weighted by Crippen LogP contribution is 2.24. The predicted octanol–water partition coefficient (Wildman–Crippen LogP) is 8.47. The molecule has 2 fully saturated rings. The first-order valence-corrected chi connectivity index (χ1v) is 17.8. The smallest absolute Gasteiger partial charge is 0.246 e. The number of benzene rings is 2. The van der Waals surface area contributed by atoms with Crippen LogP contribution in [0.25, 0.3) is 0 Å². The summed E-state index contributed by atoms with van der Waals surface area (Å²) in [6.07, 6.45) is 14.6. The molecule has 1 saturated carbocycles. The normalized spacial score (nSPS) is 17.4. The molecule has 48 heavy (non-hydrogen) atoms. The lowest BCUT2D eigenvalue weighted by molar-refractivity contribution is -0.127. The van der Waals surface area contributed by atoms with Gasteiger partial charge in [0.15, 0.2) is 0 Å². The van der Waals surface area contributed by atoms with Crippen molar-refractivity contribution in [3.63, 3.8) is 0 Å². The van der Waals surface area contributed by atoms with Gasteiger partial charge in [-0.2, -0.15) is 0 Å². The second-order valence-corrected chi connectivity index (χ2v) is 12.1. The number of nitrogens with zero attached hydrogens (tertiary/aromatic N) is 3. The molecule has 1 heterocycles. The summed E-state index contributed by atoms with van der Waals surface area (Å²) in [6, 6.07) is 17.4. The third-order valence-corrected chi connectivity index (χ3v) is 8.11. The largest absolute Gasteiger partial charge is 0.457 e. The number of rotatable bonds is 11. The van der Waals surface area contributed by atoms with Crippen LogP contribution in [0.15, 0.2) is 95.8 Å². The van der Waals surface area contributed by atoms with Crippen molar-refractivity contribution in [3.8, 4) is 11.5 Å². The molecular formula is C40H60N6O2. The second-order valence-electron chi connectivity index (χ2n) is 12.1. The zero-order valence-electron chi connectivity index (χ0n) is 30.3. The number of ether oxygens (including phenoxy) is 1. The van der Waals surface area contributed by atoms with Crippen molar-refractivity contribution in [1.82, 2.24) is 15.1 Å². The van der Waals surface area contributed by atoms with Gasteiger partial charge in [-0.25, -0.2) is 0 Å². The molecule has 2 aromatic rings. The van der Waals surface area contributed by atoms with Crippen molar-refractivity contribution in [2.75, 3.05) is 26.7 Å². The van der Waals surface area contributed by atoms with E-state index in [0.29, 0.717) is 47.6 Å². The van der Waals surface area contributed by atoms with E-state index < -0.39 is 0 Å². The van der Waals surface area contributed by atoms with Crippen molar-refractivity contribution in [2.24, 2.45) is 10.7 Å². The number of allylic oxidation sites excluding steroid dienone is 1. The van der Waals surface area contributed by atoms with Gasteiger partial charge >= 0.3 is 0 Å². The number of likely N-dealkylation sites (N-methyl/N-ethyl adjacent to an activating group) is 1. The fraction of sp³-hybridized carbons (Fsp3) is 0.475. The standard InChI is InChI=1S/C35H46N6O2.C3H8.C2H6/c1-4-38-35(33(26(2)36)34(37)27-19-21-31(22-20-27)43-30-16-9-6-10-17-30)39-28-13-11-24-41(25-28)32(42)18-12-23-40(3)29-14-7-5-8-15-29;1-3-2;1-2/h4,6,9-10,12,16-22,28-29,37H,1,5,7-8,11,13-15,23-25,36H2,2-3H3,(H,38,39);3H2,1-2H3;1-2H3/b18-12+,33-26+,37-34?;;. The first-order chi connectivity index (χ1) is 23.3. The summed E-state index contributed by atoms with van der Waals surface area (Å²) in [5.41, 5.74) is 8.23. The Morgan fingerprint density at radius 3 is 2.27 bits per heavy atom. The van der Waals surface area contributed by atoms with Crippen LogP contribution >= 0.6 is 0 Å². The minimum atomic E-state index is -0.123. The lowest BCUT2D eigenvalue weighted by atomic mass is 9.94. The van der Waals surface area contributed by atoms with Crippen LogP contribution in [0.2, 0.25) is 0 Å². The predicted molar refractivity (Wildman–Crippen MR) is 203 cm³/mol. The number of para-hydroxylation sites is 1. The van der Waals surface area contributed by atoms with Gasteiger partial charge in [-0.15, -0.1) is 0 Å². The number of nitrogens with two attached hydrogens (primary N) is 1. The van der Waals surface area contributed by atoms with Crippen LogP contribution < -0.4 is 15.8 Å². The van der Waals surface area contributed by atoms with Crippen molar-refractivity contribution >= 4 is 17.5 Å². The van der Waals surface area contributed by atoms with E-state index in [0.717, 1.165) is 25.1 Å². The average Bonchev–Trinajstić information content (AvgIpc) is 3.10. The Kier molecular flexibility index (Phi) is 18.7. The Labute approximate surface area is 290 Å². The SMILES string of the molecule is C=CNC(=NC1CCCN(C(=O)/C=C/CN(C)C2CCCCC2)C1)/C(C(=N)c1ccc(Oc2ccccc2)cc1)=C(\C)N.CC.CCC. The first kappa shape index (κ1) is 40.0. The summed E-state index contributed by atoms with van der Waals surface area (Å²) in [7, 11) is 2.15. The van der Waals surface area contributed by atoms with Gasteiger partial charge < -0.3 is 20.7 Å². The maximum absolute atomic E-state index is 13.1. The molecule has 0 bridgehead atoms. The van der Waals surface area contributed by atoms with E-state index in [9.17, 15) is 4.79 Å². The third kappa shape index (κ3) is 13.1. The number of aliphatic imine (C=N–C) groups is 1. The lowest BCUT2D eigenvalue weighted by Crippen LogP contribution is -2.42. The van der Waals surface area contributed by atoms with Crippen molar-refractivity contribution in [1.29, 1.82) is 5.41 Å². The minimum Gasteiger partial charge on any atom is -0.457 e. The average molecular weight is 657 g/mol. The molecule has 1 atom stereocenters. The lowest BCUT2D eigenvalue weighted by Gasteiger charge is -2.31. The molecule has 4 rings (SSSR count). The summed E-state index contributed by atoms with van der Waals surface area (Å²) in [4.78, 5) is 22.3. The summed E-state index contributed by atoms with van der Waals surface area (Å²) in [6.45, 7) is 15.8. The summed E-state index contributed by atoms with van der Waals surface area (Å²) in [5, 5.41) is 12.1. The fourth-order valence-corrected chi connectivity index (χ4v) is 5.77. The molecule has 0 spiro atoms. The number of amidine groups is 1. The summed E-state index contributed by atoms with van der Waals surface area (Å²) >= 11 is 0. The Balaban J connectivity index is 0.00000151. The van der Waals surface area contributed by atoms with Gasteiger partial charge in [0.1, 0.15) is 17.3 Å². The molecule has 2 aromatic carbocycles. The van der Waals surface area contributed by atoms with Crippen LogP contribution in [0.5, 0.6) is 11.5 Å². The van der Waals surface area contributed by atoms with Gasteiger partial charge in [0.05, 0.1) is 17.3 Å². The fourth-order valence-electron chi connectivity index (χ4n) is 5.77. The summed E-state index contributed by atoms with van der Waals surface area (Å²) in [5.74, 6) is 1.92. The summed E-state index contributed by atoms with van der Waals surface area (Å²) < 4.78 is 5.90. The maximum atomic E-state index is 13.1. The van der Waals surface area contributed by atoms with Crippen molar-refractivity contribution in [2.45, 2.75) is 98.1 Å². The van der Waals surface area contributed by atoms with Crippen LogP contribution in [-0.4, -0.2) is 66.0 Å². The van der Waals surface area contributed by atoms with Crippen LogP contribution in [0.4, 0.5) is 0 Å². The van der Waals surface area contributed by atoms with Gasteiger partial charge in [-0.05, 0) is 82.3 Å². The Morgan fingerprint density at radius 2 is 1.67 bits per heavy atom. The highest BCUT2D eigenvalue weighted by molar-refractivity contribution is 6.29. The second kappa shape index (κ2) is 22.4. The van der Waals surface area contributed by atoms with Crippen molar-refractivity contribution in [3.05, 3.63) is 96.4 Å². The Morgan fingerprint density at radius 1 is 1.04 bits per heavy atom. The van der Waals surface area contributed by atoms with E-state index in [-0.39, 0.29) is 17.7 Å². The highest BCUT2D eigenvalue weighted by Gasteiger charge is 2.25. The van der Waals surface area contributed by atoms with Crippen molar-refractivity contribution < 1.29 is 9.53 Å². The van der Waals surface area contributed by atoms with Crippen LogP contribution in [0, 0.1) is 5.41 Å². The third-order valence-electron chi connectivity index (χ3n) is 8.11. The van der Waals surface area contributed by atoms with Gasteiger partial charge in [-0.1, -0.05) is 84.2 Å². The molecule has 1 amide bonds. The molecule has 8 nitrogen and oxygen atoms in total. The molecule has 0 aromatic heterocycles. The van der Waals surface area contributed by atoms with Gasteiger partial charge in [0, 0.05) is 43.0 Å². The van der Waals surface area contributed by atoms with Crippen LogP contribution in [-0.2, 0) is 4.79 Å². The molecule has 262 valence electrons. The number of carbonyl (C=O) groups excluding carboxylic acids is 1. The van der Waals surface area contributed by atoms with Crippen LogP contribution in [0.3, 0.4) is 0 Å². The van der Waals surface area contributed by atoms with Gasteiger partial charge in [0.2, 0.25) is 5.91 Å². The van der Waals surface area contributed by atoms with E-state index >= 15 is 0 Å². The molecule has 1 aliphatic heterocycles. The van der Waals surface area contributed by atoms with E-state index in [1.807, 2.05) is 79.4 Å². The molecule has 8 heteroatoms. The van der Waals surface area contributed by atoms with E-state index in [2.05, 4.69) is 37.7 Å². The number of amides is 1. The molecule has 0 radical (unpaired) electrons. The Hall–Kier alpha value is -4.17. The van der Waals surface area contributed by atoms with E-state index in [1.165, 1.54) is 38.5 Å². The molecule has 4 N–H and O–H groups in total. The molecule has 1 aliphatic carbocycles. The number of hydrogen-bond acceptors (Lipinski definition) is 6. The van der Waals surface area contributed by atoms with Gasteiger partial charge in [0.25, 0.3) is 0 Å². The number of piperidine rings is 1. The number of carbonyl (C=O) groups is 1. The first-order valence-electron chi connectivity index (χ1n) is 17.8. The van der Waals surface area contributed by atoms with Gasteiger partial charge in [-0.3, -0.25) is 20.1 Å².